The fourth-order valence-corrected chi connectivity index (χ4v) is 1.71. The number of aromatic nitrogens is 2. The van der Waals surface area contributed by atoms with Crippen molar-refractivity contribution in [2.45, 2.75) is 59.6 Å². The van der Waals surface area contributed by atoms with Crippen LogP contribution in [0.25, 0.3) is 0 Å². The maximum absolute atomic E-state index is 5.72. The second-order valence-electron chi connectivity index (χ2n) is 5.76. The summed E-state index contributed by atoms with van der Waals surface area (Å²) in [5.41, 5.74) is 5.65. The second-order valence-corrected chi connectivity index (χ2v) is 5.76. The Labute approximate surface area is 109 Å². The van der Waals surface area contributed by atoms with Crippen LogP contribution < -0.4 is 5.73 Å². The minimum Gasteiger partial charge on any atom is -0.370 e. The molecular weight excluding hydrogens is 230 g/mol. The summed E-state index contributed by atoms with van der Waals surface area (Å²) in [5, 5.41) is 4.03. The Morgan fingerprint density at radius 1 is 1.39 bits per heavy atom. The largest absolute Gasteiger partial charge is 0.370 e. The highest BCUT2D eigenvalue weighted by atomic mass is 16.5. The Kier molecular flexibility index (Phi) is 5.28. The summed E-state index contributed by atoms with van der Waals surface area (Å²) in [5.74, 6) is 1.26. The number of nitrogens with zero attached hydrogens (tertiary/aromatic N) is 2. The molecule has 0 aliphatic carbocycles. The van der Waals surface area contributed by atoms with Gasteiger partial charge in [-0.1, -0.05) is 25.9 Å². The molecule has 0 fully saturated rings. The first-order chi connectivity index (χ1) is 8.34. The van der Waals surface area contributed by atoms with Gasteiger partial charge in [-0.2, -0.15) is 4.98 Å². The molecule has 18 heavy (non-hydrogen) atoms. The molecular formula is C13H25N3O2. The Bertz CT molecular complexity index is 355. The zero-order valence-electron chi connectivity index (χ0n) is 12.1. The average molecular weight is 255 g/mol. The van der Waals surface area contributed by atoms with E-state index in [-0.39, 0.29) is 17.6 Å². The predicted octanol–water partition coefficient (Wildman–Crippen LogP) is 2.47. The van der Waals surface area contributed by atoms with Crippen molar-refractivity contribution in [2.75, 3.05) is 6.61 Å². The van der Waals surface area contributed by atoms with Crippen LogP contribution in [0.1, 0.15) is 58.9 Å². The van der Waals surface area contributed by atoms with Crippen molar-refractivity contribution in [2.24, 2.45) is 11.1 Å². The lowest BCUT2D eigenvalue weighted by Gasteiger charge is -2.27. The Hall–Kier alpha value is -0.940. The summed E-state index contributed by atoms with van der Waals surface area (Å²) in [6, 6.07) is 0.144. The molecule has 0 saturated heterocycles. The normalized spacial score (nSPS) is 15.7. The summed E-state index contributed by atoms with van der Waals surface area (Å²) in [4.78, 5) is 4.41. The molecule has 104 valence electrons. The molecule has 1 aromatic rings. The van der Waals surface area contributed by atoms with Gasteiger partial charge in [-0.25, -0.2) is 0 Å². The summed E-state index contributed by atoms with van der Waals surface area (Å²) in [6.07, 6.45) is 1.42. The predicted molar refractivity (Wildman–Crippen MR) is 70.1 cm³/mol. The van der Waals surface area contributed by atoms with Crippen molar-refractivity contribution in [3.8, 4) is 0 Å². The molecule has 0 saturated carbocycles. The van der Waals surface area contributed by atoms with Gasteiger partial charge in [0, 0.05) is 19.1 Å². The van der Waals surface area contributed by atoms with Crippen molar-refractivity contribution < 1.29 is 9.26 Å². The number of rotatable bonds is 6. The molecule has 0 aromatic carbocycles. The van der Waals surface area contributed by atoms with E-state index in [0.717, 1.165) is 6.42 Å². The molecule has 0 aliphatic heterocycles. The van der Waals surface area contributed by atoms with Crippen LogP contribution in [0, 0.1) is 5.41 Å². The molecule has 0 spiro atoms. The lowest BCUT2D eigenvalue weighted by molar-refractivity contribution is -0.0203. The topological polar surface area (TPSA) is 74.2 Å². The standard InChI is InChI=1S/C13H25N3O2/c1-6-17-11(13(3,4)5)12-15-10(18-16-12)8-7-9(2)14/h9,11H,6-8,14H2,1-5H3. The third-order valence-electron chi connectivity index (χ3n) is 2.65. The van der Waals surface area contributed by atoms with Gasteiger partial charge in [0.15, 0.2) is 0 Å². The van der Waals surface area contributed by atoms with Crippen LogP contribution in [0.15, 0.2) is 4.52 Å². The van der Waals surface area contributed by atoms with Gasteiger partial charge in [-0.3, -0.25) is 0 Å². The fourth-order valence-electron chi connectivity index (χ4n) is 1.71. The number of aryl methyl sites for hydroxylation is 1. The van der Waals surface area contributed by atoms with E-state index < -0.39 is 0 Å². The van der Waals surface area contributed by atoms with Crippen molar-refractivity contribution in [3.63, 3.8) is 0 Å². The maximum atomic E-state index is 5.72. The molecule has 1 rings (SSSR count). The van der Waals surface area contributed by atoms with E-state index in [9.17, 15) is 0 Å². The maximum Gasteiger partial charge on any atom is 0.226 e. The van der Waals surface area contributed by atoms with Crippen LogP contribution in [0.4, 0.5) is 0 Å². The van der Waals surface area contributed by atoms with Crippen LogP contribution in [0.2, 0.25) is 0 Å². The highest BCUT2D eigenvalue weighted by molar-refractivity contribution is 4.96. The van der Waals surface area contributed by atoms with Crippen molar-refractivity contribution >= 4 is 0 Å². The first-order valence-corrected chi connectivity index (χ1v) is 6.54. The molecule has 5 nitrogen and oxygen atoms in total. The fraction of sp³-hybridized carbons (Fsp3) is 0.846. The van der Waals surface area contributed by atoms with Crippen molar-refractivity contribution in [1.29, 1.82) is 0 Å². The first-order valence-electron chi connectivity index (χ1n) is 6.54. The third-order valence-corrected chi connectivity index (χ3v) is 2.65. The van der Waals surface area contributed by atoms with Crippen molar-refractivity contribution in [3.05, 3.63) is 11.7 Å². The van der Waals surface area contributed by atoms with Gasteiger partial charge in [0.05, 0.1) is 0 Å². The van der Waals surface area contributed by atoms with Crippen LogP contribution in [0.3, 0.4) is 0 Å². The number of nitrogens with two attached hydrogens (primary N) is 1. The molecule has 1 aromatic heterocycles. The number of hydrogen-bond acceptors (Lipinski definition) is 5. The van der Waals surface area contributed by atoms with E-state index in [1.807, 2.05) is 13.8 Å². The first kappa shape index (κ1) is 15.1. The molecule has 0 aliphatic rings. The summed E-state index contributed by atoms with van der Waals surface area (Å²) < 4.78 is 11.0. The lowest BCUT2D eigenvalue weighted by Crippen LogP contribution is -2.22. The molecule has 5 heteroatoms. The SMILES string of the molecule is CCOC(c1noc(CCC(C)N)n1)C(C)(C)C. The minimum atomic E-state index is -0.143. The molecule has 2 atom stereocenters. The smallest absolute Gasteiger partial charge is 0.226 e. The van der Waals surface area contributed by atoms with Gasteiger partial charge in [0.1, 0.15) is 6.10 Å². The molecule has 2 unspecified atom stereocenters. The van der Waals surface area contributed by atoms with Gasteiger partial charge in [-0.05, 0) is 25.7 Å². The van der Waals surface area contributed by atoms with E-state index in [4.69, 9.17) is 15.0 Å². The van der Waals surface area contributed by atoms with Crippen molar-refractivity contribution in [1.82, 2.24) is 10.1 Å². The summed E-state index contributed by atoms with van der Waals surface area (Å²) >= 11 is 0. The Balaban J connectivity index is 2.75. The van der Waals surface area contributed by atoms with E-state index in [1.165, 1.54) is 0 Å². The van der Waals surface area contributed by atoms with Gasteiger partial charge < -0.3 is 15.0 Å². The monoisotopic (exact) mass is 255 g/mol. The van der Waals surface area contributed by atoms with Gasteiger partial charge in [0.2, 0.25) is 11.7 Å². The molecule has 0 bridgehead atoms. The van der Waals surface area contributed by atoms with Crippen LogP contribution >= 0.6 is 0 Å². The summed E-state index contributed by atoms with van der Waals surface area (Å²) in [6.45, 7) is 10.9. The molecule has 1 heterocycles. The van der Waals surface area contributed by atoms with Gasteiger partial charge in [0.25, 0.3) is 0 Å². The van der Waals surface area contributed by atoms with Gasteiger partial charge >= 0.3 is 0 Å². The van der Waals surface area contributed by atoms with Crippen LogP contribution in [-0.4, -0.2) is 22.8 Å². The summed E-state index contributed by atoms with van der Waals surface area (Å²) in [7, 11) is 0. The minimum absolute atomic E-state index is 0.0572. The second kappa shape index (κ2) is 6.29. The molecule has 0 amide bonds. The zero-order valence-corrected chi connectivity index (χ0v) is 12.1. The van der Waals surface area contributed by atoms with E-state index in [1.54, 1.807) is 0 Å². The quantitative estimate of drug-likeness (QED) is 0.845. The highest BCUT2D eigenvalue weighted by Gasteiger charge is 2.31. The lowest BCUT2D eigenvalue weighted by atomic mass is 9.88. The Morgan fingerprint density at radius 2 is 2.06 bits per heavy atom. The molecule has 0 radical (unpaired) electrons. The molecule has 2 N–H and O–H groups in total. The average Bonchev–Trinajstić information content (AvgIpc) is 2.69. The van der Waals surface area contributed by atoms with E-state index >= 15 is 0 Å². The third kappa shape index (κ3) is 4.38. The van der Waals surface area contributed by atoms with E-state index in [2.05, 4.69) is 30.9 Å². The van der Waals surface area contributed by atoms with Crippen LogP contribution in [-0.2, 0) is 11.2 Å². The van der Waals surface area contributed by atoms with Gasteiger partial charge in [-0.15, -0.1) is 0 Å². The zero-order chi connectivity index (χ0) is 13.8. The van der Waals surface area contributed by atoms with E-state index in [0.29, 0.717) is 24.7 Å². The number of hydrogen-bond donors (Lipinski definition) is 1. The highest BCUT2D eigenvalue weighted by Crippen LogP contribution is 2.34. The number of ether oxygens (including phenoxy) is 1. The van der Waals surface area contributed by atoms with Crippen LogP contribution in [0.5, 0.6) is 0 Å². The Morgan fingerprint density at radius 3 is 2.56 bits per heavy atom.